The van der Waals surface area contributed by atoms with E-state index in [0.29, 0.717) is 29.7 Å². The lowest BCUT2D eigenvalue weighted by molar-refractivity contribution is -0.141. The Balaban J connectivity index is 1.67. The number of carbonyl (C=O) groups is 1. The fraction of sp³-hybridized carbons (Fsp3) is 0.933. The number of piperidine rings is 1. The molecule has 1 amide bonds. The number of nitrogens with two attached hydrogens (primary N) is 1. The van der Waals surface area contributed by atoms with Gasteiger partial charge in [0.15, 0.2) is 0 Å². The number of nitrogens with zero attached hydrogens (tertiary/aromatic N) is 1. The van der Waals surface area contributed by atoms with Gasteiger partial charge in [-0.15, -0.1) is 0 Å². The van der Waals surface area contributed by atoms with Crippen molar-refractivity contribution in [3.63, 3.8) is 0 Å². The molecule has 2 saturated carbocycles. The zero-order chi connectivity index (χ0) is 12.7. The Morgan fingerprint density at radius 3 is 2.67 bits per heavy atom. The Morgan fingerprint density at radius 1 is 1.22 bits per heavy atom. The van der Waals surface area contributed by atoms with E-state index in [4.69, 9.17) is 5.73 Å². The predicted octanol–water partition coefficient (Wildman–Crippen LogP) is 2.01. The van der Waals surface area contributed by atoms with Gasteiger partial charge in [0, 0.05) is 18.5 Å². The molecule has 0 aromatic carbocycles. The maximum Gasteiger partial charge on any atom is 0.226 e. The van der Waals surface area contributed by atoms with Crippen molar-refractivity contribution in [1.82, 2.24) is 4.90 Å². The van der Waals surface area contributed by atoms with E-state index < -0.39 is 0 Å². The number of fused-ring (bicyclic) bond motifs is 2. The van der Waals surface area contributed by atoms with E-state index in [2.05, 4.69) is 11.8 Å². The minimum atomic E-state index is 0.350. The van der Waals surface area contributed by atoms with Crippen molar-refractivity contribution in [2.75, 3.05) is 13.1 Å². The molecule has 0 aromatic heterocycles. The van der Waals surface area contributed by atoms with E-state index in [1.165, 1.54) is 32.1 Å². The van der Waals surface area contributed by atoms with Gasteiger partial charge in [0.1, 0.15) is 0 Å². The van der Waals surface area contributed by atoms with Gasteiger partial charge in [-0.1, -0.05) is 6.42 Å². The lowest BCUT2D eigenvalue weighted by Gasteiger charge is -2.40. The van der Waals surface area contributed by atoms with Crippen LogP contribution in [-0.2, 0) is 4.79 Å². The van der Waals surface area contributed by atoms with Gasteiger partial charge in [-0.3, -0.25) is 4.79 Å². The SMILES string of the molecule is CC1CCC(CN)CN1C(=O)C1CC2CCC1C2. The standard InChI is InChI=1S/C15H26N2O/c1-10-2-3-12(8-16)9-17(10)15(18)14-7-11-4-5-13(14)6-11/h10-14H,2-9,16H2,1H3. The number of rotatable bonds is 2. The van der Waals surface area contributed by atoms with Crippen LogP contribution in [0, 0.1) is 23.7 Å². The summed E-state index contributed by atoms with van der Waals surface area (Å²) in [5.74, 6) is 2.89. The number of amides is 1. The highest BCUT2D eigenvalue weighted by Crippen LogP contribution is 2.49. The third-order valence-corrected chi connectivity index (χ3v) is 5.65. The van der Waals surface area contributed by atoms with Gasteiger partial charge in [-0.2, -0.15) is 0 Å². The molecule has 3 rings (SSSR count). The summed E-state index contributed by atoms with van der Waals surface area (Å²) in [7, 11) is 0. The molecule has 3 heteroatoms. The average Bonchev–Trinajstić information content (AvgIpc) is 3.01. The van der Waals surface area contributed by atoms with Gasteiger partial charge in [-0.25, -0.2) is 0 Å². The van der Waals surface area contributed by atoms with Gasteiger partial charge in [0.2, 0.25) is 5.91 Å². The molecule has 1 heterocycles. The smallest absolute Gasteiger partial charge is 0.226 e. The molecule has 2 N–H and O–H groups in total. The van der Waals surface area contributed by atoms with Crippen LogP contribution in [0.4, 0.5) is 0 Å². The largest absolute Gasteiger partial charge is 0.339 e. The quantitative estimate of drug-likeness (QED) is 0.815. The molecular formula is C15H26N2O. The first-order valence-electron chi connectivity index (χ1n) is 7.69. The van der Waals surface area contributed by atoms with Crippen molar-refractivity contribution >= 4 is 5.91 Å². The van der Waals surface area contributed by atoms with E-state index in [1.807, 2.05) is 0 Å². The summed E-state index contributed by atoms with van der Waals surface area (Å²) in [5.41, 5.74) is 5.79. The Kier molecular flexibility index (Phi) is 3.35. The maximum atomic E-state index is 12.7. The first kappa shape index (κ1) is 12.5. The second-order valence-electron chi connectivity index (χ2n) is 6.80. The molecule has 2 bridgehead atoms. The molecule has 3 nitrogen and oxygen atoms in total. The second-order valence-corrected chi connectivity index (χ2v) is 6.80. The summed E-state index contributed by atoms with van der Waals surface area (Å²) in [6.07, 6.45) is 7.48. The lowest BCUT2D eigenvalue weighted by Crippen LogP contribution is -2.50. The van der Waals surface area contributed by atoms with Crippen LogP contribution >= 0.6 is 0 Å². The van der Waals surface area contributed by atoms with Gasteiger partial charge in [0.25, 0.3) is 0 Å². The Morgan fingerprint density at radius 2 is 2.06 bits per heavy atom. The van der Waals surface area contributed by atoms with Crippen molar-refractivity contribution in [3.05, 3.63) is 0 Å². The van der Waals surface area contributed by atoms with E-state index >= 15 is 0 Å². The first-order chi connectivity index (χ1) is 8.69. The third kappa shape index (κ3) is 2.07. The van der Waals surface area contributed by atoms with E-state index in [-0.39, 0.29) is 0 Å². The van der Waals surface area contributed by atoms with E-state index in [1.54, 1.807) is 0 Å². The third-order valence-electron chi connectivity index (χ3n) is 5.65. The first-order valence-corrected chi connectivity index (χ1v) is 7.69. The van der Waals surface area contributed by atoms with Crippen LogP contribution < -0.4 is 5.73 Å². The highest BCUT2D eigenvalue weighted by Gasteiger charge is 2.45. The highest BCUT2D eigenvalue weighted by atomic mass is 16.2. The highest BCUT2D eigenvalue weighted by molar-refractivity contribution is 5.80. The van der Waals surface area contributed by atoms with Crippen molar-refractivity contribution in [2.45, 2.75) is 51.5 Å². The van der Waals surface area contributed by atoms with E-state index in [0.717, 1.165) is 25.4 Å². The summed E-state index contributed by atoms with van der Waals surface area (Å²) in [4.78, 5) is 14.9. The minimum absolute atomic E-state index is 0.350. The molecule has 18 heavy (non-hydrogen) atoms. The summed E-state index contributed by atoms with van der Waals surface area (Å²) in [6.45, 7) is 3.84. The summed E-state index contributed by atoms with van der Waals surface area (Å²) < 4.78 is 0. The fourth-order valence-corrected chi connectivity index (χ4v) is 4.44. The number of hydrogen-bond donors (Lipinski definition) is 1. The zero-order valence-corrected chi connectivity index (χ0v) is 11.5. The molecule has 102 valence electrons. The molecule has 1 saturated heterocycles. The number of hydrogen-bond acceptors (Lipinski definition) is 2. The van der Waals surface area contributed by atoms with Crippen LogP contribution in [0.15, 0.2) is 0 Å². The van der Waals surface area contributed by atoms with E-state index in [9.17, 15) is 4.79 Å². The van der Waals surface area contributed by atoms with Crippen molar-refractivity contribution < 1.29 is 4.79 Å². The zero-order valence-electron chi connectivity index (χ0n) is 11.5. The van der Waals surface area contributed by atoms with Gasteiger partial charge in [0.05, 0.1) is 0 Å². The maximum absolute atomic E-state index is 12.7. The summed E-state index contributed by atoms with van der Waals surface area (Å²) in [5, 5.41) is 0. The fourth-order valence-electron chi connectivity index (χ4n) is 4.44. The topological polar surface area (TPSA) is 46.3 Å². The van der Waals surface area contributed by atoms with Gasteiger partial charge in [-0.05, 0) is 63.3 Å². The summed E-state index contributed by atoms with van der Waals surface area (Å²) >= 11 is 0. The number of likely N-dealkylation sites (tertiary alicyclic amines) is 1. The molecule has 5 unspecified atom stereocenters. The molecule has 3 fully saturated rings. The summed E-state index contributed by atoms with van der Waals surface area (Å²) in [6, 6.07) is 0.430. The van der Waals surface area contributed by atoms with Crippen LogP contribution in [0.2, 0.25) is 0 Å². The molecule has 3 aliphatic rings. The normalized spacial score (nSPS) is 43.4. The van der Waals surface area contributed by atoms with Gasteiger partial charge >= 0.3 is 0 Å². The van der Waals surface area contributed by atoms with Crippen molar-refractivity contribution in [2.24, 2.45) is 29.4 Å². The molecule has 5 atom stereocenters. The van der Waals surface area contributed by atoms with Crippen LogP contribution in [0.3, 0.4) is 0 Å². The Bertz CT molecular complexity index is 330. The van der Waals surface area contributed by atoms with Crippen LogP contribution in [0.1, 0.15) is 45.4 Å². The van der Waals surface area contributed by atoms with Gasteiger partial charge < -0.3 is 10.6 Å². The average molecular weight is 250 g/mol. The molecule has 1 aliphatic heterocycles. The van der Waals surface area contributed by atoms with Crippen molar-refractivity contribution in [3.8, 4) is 0 Å². The molecular weight excluding hydrogens is 224 g/mol. The lowest BCUT2D eigenvalue weighted by atomic mass is 9.85. The van der Waals surface area contributed by atoms with Crippen LogP contribution in [0.25, 0.3) is 0 Å². The number of carbonyl (C=O) groups excluding carboxylic acids is 1. The Labute approximate surface area is 110 Å². The van der Waals surface area contributed by atoms with Crippen LogP contribution in [0.5, 0.6) is 0 Å². The van der Waals surface area contributed by atoms with Crippen LogP contribution in [-0.4, -0.2) is 29.9 Å². The minimum Gasteiger partial charge on any atom is -0.339 e. The monoisotopic (exact) mass is 250 g/mol. The predicted molar refractivity (Wildman–Crippen MR) is 71.9 cm³/mol. The van der Waals surface area contributed by atoms with Crippen molar-refractivity contribution in [1.29, 1.82) is 0 Å². The molecule has 0 radical (unpaired) electrons. The molecule has 2 aliphatic carbocycles. The molecule has 0 spiro atoms. The molecule has 0 aromatic rings. The second kappa shape index (κ2) is 4.84. The Hall–Kier alpha value is -0.570.